The Balaban J connectivity index is 1.91. The summed E-state index contributed by atoms with van der Waals surface area (Å²) in [5.41, 5.74) is 2.88. The first-order valence-electron chi connectivity index (χ1n) is 6.52. The van der Waals surface area contributed by atoms with E-state index in [2.05, 4.69) is 0 Å². The number of nitrogens with zero attached hydrogens (tertiary/aromatic N) is 1. The molecule has 0 amide bonds. The fourth-order valence-electron chi connectivity index (χ4n) is 2.33. The van der Waals surface area contributed by atoms with E-state index in [1.54, 1.807) is 25.2 Å². The van der Waals surface area contributed by atoms with Crippen molar-refractivity contribution in [2.75, 3.05) is 0 Å². The summed E-state index contributed by atoms with van der Waals surface area (Å²) in [5, 5.41) is -0.318. The maximum Gasteiger partial charge on any atom is 0.419 e. The Morgan fingerprint density at radius 2 is 2.10 bits per heavy atom. The Labute approximate surface area is 125 Å². The van der Waals surface area contributed by atoms with Crippen LogP contribution in [0.4, 0.5) is 4.39 Å². The summed E-state index contributed by atoms with van der Waals surface area (Å²) in [7, 11) is 1.65. The molecule has 5 heteroatoms. The van der Waals surface area contributed by atoms with E-state index in [0.717, 1.165) is 16.6 Å². The van der Waals surface area contributed by atoms with E-state index in [9.17, 15) is 9.18 Å². The van der Waals surface area contributed by atoms with E-state index >= 15 is 0 Å². The van der Waals surface area contributed by atoms with Crippen LogP contribution in [-0.4, -0.2) is 4.57 Å². The van der Waals surface area contributed by atoms with Crippen molar-refractivity contribution in [3.05, 3.63) is 70.0 Å². The van der Waals surface area contributed by atoms with Gasteiger partial charge in [0.15, 0.2) is 5.58 Å². The van der Waals surface area contributed by atoms with Crippen LogP contribution in [-0.2, 0) is 13.5 Å². The summed E-state index contributed by atoms with van der Waals surface area (Å²) in [6, 6.07) is 11.8. The lowest BCUT2D eigenvalue weighted by atomic mass is 10.0. The molecule has 3 aromatic rings. The molecule has 1 aromatic heterocycles. The summed E-state index contributed by atoms with van der Waals surface area (Å²) < 4.78 is 19.8. The van der Waals surface area contributed by atoms with Gasteiger partial charge in [-0.3, -0.25) is 4.57 Å². The predicted octanol–water partition coefficient (Wildman–Crippen LogP) is 3.79. The summed E-state index contributed by atoms with van der Waals surface area (Å²) >= 11 is 6.39. The van der Waals surface area contributed by atoms with E-state index in [-0.39, 0.29) is 11.2 Å². The van der Waals surface area contributed by atoms with Gasteiger partial charge in [0.1, 0.15) is 5.82 Å². The molecule has 1 heterocycles. The lowest BCUT2D eigenvalue weighted by molar-refractivity contribution is 0.527. The van der Waals surface area contributed by atoms with Crippen molar-refractivity contribution in [2.24, 2.45) is 7.05 Å². The molecule has 0 spiro atoms. The molecule has 0 aliphatic carbocycles. The van der Waals surface area contributed by atoms with Crippen LogP contribution in [0.15, 0.2) is 51.7 Å². The minimum Gasteiger partial charge on any atom is -0.408 e. The van der Waals surface area contributed by atoms with Gasteiger partial charge in [-0.2, -0.15) is 0 Å². The highest BCUT2D eigenvalue weighted by atomic mass is 35.5. The average molecular weight is 306 g/mol. The Kier molecular flexibility index (Phi) is 3.55. The van der Waals surface area contributed by atoms with E-state index < -0.39 is 5.76 Å². The van der Waals surface area contributed by atoms with Crippen LogP contribution in [0, 0.1) is 5.82 Å². The largest absolute Gasteiger partial charge is 0.419 e. The Morgan fingerprint density at radius 3 is 2.86 bits per heavy atom. The van der Waals surface area contributed by atoms with Crippen LogP contribution in [0.3, 0.4) is 0 Å². The van der Waals surface area contributed by atoms with Crippen molar-refractivity contribution >= 4 is 22.7 Å². The number of alkyl halides is 1. The highest BCUT2D eigenvalue weighted by Crippen LogP contribution is 2.27. The molecule has 0 radical (unpaired) electrons. The Bertz CT molecular complexity index is 853. The summed E-state index contributed by atoms with van der Waals surface area (Å²) in [5.74, 6) is -0.681. The molecule has 0 N–H and O–H groups in total. The van der Waals surface area contributed by atoms with Crippen molar-refractivity contribution in [1.82, 2.24) is 4.57 Å². The molecule has 108 valence electrons. The second-order valence-corrected chi connectivity index (χ2v) is 5.48. The minimum atomic E-state index is -0.404. The first-order chi connectivity index (χ1) is 10.0. The van der Waals surface area contributed by atoms with Gasteiger partial charge in [-0.15, -0.1) is 11.6 Å². The minimum absolute atomic E-state index is 0.277. The van der Waals surface area contributed by atoms with Crippen LogP contribution in [0.1, 0.15) is 16.5 Å². The third-order valence-electron chi connectivity index (χ3n) is 3.48. The van der Waals surface area contributed by atoms with E-state index in [4.69, 9.17) is 16.0 Å². The smallest absolute Gasteiger partial charge is 0.408 e. The topological polar surface area (TPSA) is 35.1 Å². The molecule has 0 fully saturated rings. The molecule has 1 atom stereocenters. The highest BCUT2D eigenvalue weighted by Gasteiger charge is 2.13. The van der Waals surface area contributed by atoms with Crippen LogP contribution in [0.5, 0.6) is 0 Å². The van der Waals surface area contributed by atoms with Gasteiger partial charge >= 0.3 is 5.76 Å². The highest BCUT2D eigenvalue weighted by molar-refractivity contribution is 6.21. The lowest BCUT2D eigenvalue weighted by Crippen LogP contribution is -2.08. The monoisotopic (exact) mass is 305 g/mol. The molecule has 0 bridgehead atoms. The van der Waals surface area contributed by atoms with Crippen LogP contribution < -0.4 is 5.76 Å². The fourth-order valence-corrected chi connectivity index (χ4v) is 2.65. The molecule has 2 aromatic carbocycles. The SMILES string of the molecule is Cn1c(=O)oc2cc(C(Cl)Cc3cccc(F)c3)ccc21. The fraction of sp³-hybridized carbons (Fsp3) is 0.188. The van der Waals surface area contributed by atoms with E-state index in [0.29, 0.717) is 12.0 Å². The van der Waals surface area contributed by atoms with Crippen molar-refractivity contribution in [2.45, 2.75) is 11.8 Å². The summed E-state index contributed by atoms with van der Waals surface area (Å²) in [6.45, 7) is 0. The van der Waals surface area contributed by atoms with Crippen molar-refractivity contribution in [3.63, 3.8) is 0 Å². The Morgan fingerprint density at radius 1 is 1.29 bits per heavy atom. The summed E-state index contributed by atoms with van der Waals surface area (Å²) in [6.07, 6.45) is 0.502. The van der Waals surface area contributed by atoms with Gasteiger partial charge in [0.2, 0.25) is 0 Å². The van der Waals surface area contributed by atoms with Gasteiger partial charge in [0.05, 0.1) is 10.9 Å². The van der Waals surface area contributed by atoms with Crippen LogP contribution in [0.25, 0.3) is 11.1 Å². The first-order valence-corrected chi connectivity index (χ1v) is 6.96. The lowest BCUT2D eigenvalue weighted by Gasteiger charge is -2.10. The number of aryl methyl sites for hydroxylation is 1. The van der Waals surface area contributed by atoms with Gasteiger partial charge in [-0.1, -0.05) is 18.2 Å². The maximum absolute atomic E-state index is 13.2. The third-order valence-corrected chi connectivity index (χ3v) is 3.89. The van der Waals surface area contributed by atoms with E-state index in [1.807, 2.05) is 12.1 Å². The molecular formula is C16H13ClFNO2. The normalized spacial score (nSPS) is 12.7. The maximum atomic E-state index is 13.2. The first kappa shape index (κ1) is 13.9. The number of rotatable bonds is 3. The van der Waals surface area contributed by atoms with Crippen LogP contribution in [0.2, 0.25) is 0 Å². The number of aromatic nitrogens is 1. The second kappa shape index (κ2) is 5.37. The molecule has 0 aliphatic heterocycles. The molecule has 0 saturated heterocycles. The molecule has 0 aliphatic rings. The van der Waals surface area contributed by atoms with Crippen LogP contribution >= 0.6 is 11.6 Å². The number of hydrogen-bond acceptors (Lipinski definition) is 2. The predicted molar refractivity (Wildman–Crippen MR) is 80.2 cm³/mol. The molecule has 3 nitrogen and oxygen atoms in total. The molecule has 1 unspecified atom stereocenters. The average Bonchev–Trinajstić information content (AvgIpc) is 2.73. The van der Waals surface area contributed by atoms with Gasteiger partial charge in [-0.05, 0) is 41.8 Å². The van der Waals surface area contributed by atoms with Gasteiger partial charge < -0.3 is 4.42 Å². The summed E-state index contributed by atoms with van der Waals surface area (Å²) in [4.78, 5) is 11.5. The van der Waals surface area contributed by atoms with Gasteiger partial charge in [-0.25, -0.2) is 9.18 Å². The van der Waals surface area contributed by atoms with Crippen molar-refractivity contribution in [3.8, 4) is 0 Å². The van der Waals surface area contributed by atoms with Crippen molar-refractivity contribution in [1.29, 1.82) is 0 Å². The second-order valence-electron chi connectivity index (χ2n) is 4.96. The number of hydrogen-bond donors (Lipinski definition) is 0. The van der Waals surface area contributed by atoms with Crippen molar-refractivity contribution < 1.29 is 8.81 Å². The number of fused-ring (bicyclic) bond motifs is 1. The third kappa shape index (κ3) is 2.72. The van der Waals surface area contributed by atoms with Gasteiger partial charge in [0, 0.05) is 7.05 Å². The quantitative estimate of drug-likeness (QED) is 0.690. The molecule has 3 rings (SSSR count). The Hall–Kier alpha value is -2.07. The molecule has 0 saturated carbocycles. The zero-order chi connectivity index (χ0) is 15.0. The standard InChI is InChI=1S/C16H13ClFNO2/c1-19-14-6-5-11(9-15(14)21-16(19)20)13(17)8-10-3-2-4-12(18)7-10/h2-7,9,13H,8H2,1H3. The zero-order valence-corrected chi connectivity index (χ0v) is 12.1. The zero-order valence-electron chi connectivity index (χ0n) is 11.3. The molecule has 21 heavy (non-hydrogen) atoms. The van der Waals surface area contributed by atoms with Gasteiger partial charge in [0.25, 0.3) is 0 Å². The molecular weight excluding hydrogens is 293 g/mol. The van der Waals surface area contributed by atoms with E-state index in [1.165, 1.54) is 16.7 Å². The number of halogens is 2. The number of oxazole rings is 1. The number of benzene rings is 2.